The smallest absolute Gasteiger partial charge is 0.122 e. The van der Waals surface area contributed by atoms with Crippen LogP contribution in [-0.4, -0.2) is 19.2 Å². The Hall–Kier alpha value is -1.20. The van der Waals surface area contributed by atoms with E-state index in [1.165, 1.54) is 0 Å². The van der Waals surface area contributed by atoms with Crippen LogP contribution in [0.4, 0.5) is 4.39 Å². The largest absolute Gasteiger partial charge is 0.493 e. The fourth-order valence-electron chi connectivity index (χ4n) is 1.34. The molecular weight excluding hydrogens is 239 g/mol. The van der Waals surface area contributed by atoms with E-state index in [1.807, 2.05) is 25.1 Å². The molecule has 0 radical (unpaired) electrons. The monoisotopic (exact) mass is 254 g/mol. The van der Waals surface area contributed by atoms with Crippen molar-refractivity contribution in [3.8, 4) is 17.6 Å². The zero-order valence-corrected chi connectivity index (χ0v) is 10.7. The lowest BCUT2D eigenvalue weighted by Crippen LogP contribution is -1.99. The molecule has 0 aromatic heterocycles. The van der Waals surface area contributed by atoms with Crippen LogP contribution in [0.2, 0.25) is 0 Å². The highest BCUT2D eigenvalue weighted by Gasteiger charge is 1.99. The van der Waals surface area contributed by atoms with Gasteiger partial charge in [0.15, 0.2) is 0 Å². The third kappa shape index (κ3) is 5.10. The summed E-state index contributed by atoms with van der Waals surface area (Å²) in [6, 6.07) is 5.74. The highest BCUT2D eigenvalue weighted by atomic mass is 35.5. The molecular formula is C14H16ClFO. The minimum atomic E-state index is -0.346. The summed E-state index contributed by atoms with van der Waals surface area (Å²) in [6.45, 7) is 2.02. The van der Waals surface area contributed by atoms with Crippen molar-refractivity contribution in [2.45, 2.75) is 19.8 Å². The number of alkyl halides is 2. The molecule has 0 atom stereocenters. The van der Waals surface area contributed by atoms with E-state index in [4.69, 9.17) is 16.3 Å². The molecule has 0 spiro atoms. The molecule has 0 aliphatic heterocycles. The van der Waals surface area contributed by atoms with E-state index < -0.39 is 0 Å². The summed E-state index contributed by atoms with van der Waals surface area (Å²) in [5.74, 6) is 7.35. The molecule has 0 unspecified atom stereocenters. The van der Waals surface area contributed by atoms with Crippen molar-refractivity contribution in [2.75, 3.05) is 19.2 Å². The average Bonchev–Trinajstić information content (AvgIpc) is 2.32. The second kappa shape index (κ2) is 7.97. The highest BCUT2D eigenvalue weighted by Crippen LogP contribution is 2.18. The van der Waals surface area contributed by atoms with Crippen LogP contribution in [-0.2, 0) is 0 Å². The van der Waals surface area contributed by atoms with E-state index in [0.717, 1.165) is 16.9 Å². The van der Waals surface area contributed by atoms with Crippen molar-refractivity contribution in [3.63, 3.8) is 0 Å². The first-order chi connectivity index (χ1) is 8.27. The summed E-state index contributed by atoms with van der Waals surface area (Å²) < 4.78 is 17.4. The number of ether oxygens (including phenoxy) is 1. The molecule has 0 heterocycles. The molecule has 0 bridgehead atoms. The number of hydrogen-bond donors (Lipinski definition) is 0. The van der Waals surface area contributed by atoms with Crippen molar-refractivity contribution in [1.82, 2.24) is 0 Å². The first-order valence-electron chi connectivity index (χ1n) is 5.62. The SMILES string of the molecule is Cc1cc(C#CCCCl)ccc1OCCCF. The Morgan fingerprint density at radius 2 is 2.24 bits per heavy atom. The molecule has 3 heteroatoms. The Morgan fingerprint density at radius 1 is 1.41 bits per heavy atom. The Kier molecular flexibility index (Phi) is 6.50. The summed E-state index contributed by atoms with van der Waals surface area (Å²) >= 11 is 5.54. The van der Waals surface area contributed by atoms with E-state index in [9.17, 15) is 4.39 Å². The van der Waals surface area contributed by atoms with Gasteiger partial charge in [-0.25, -0.2) is 0 Å². The maximum absolute atomic E-state index is 11.9. The van der Waals surface area contributed by atoms with Crippen molar-refractivity contribution in [2.24, 2.45) is 0 Å². The molecule has 0 N–H and O–H groups in total. The van der Waals surface area contributed by atoms with Gasteiger partial charge in [-0.1, -0.05) is 11.8 Å². The molecule has 1 rings (SSSR count). The number of hydrogen-bond acceptors (Lipinski definition) is 1. The van der Waals surface area contributed by atoms with Crippen LogP contribution >= 0.6 is 11.6 Å². The fourth-order valence-corrected chi connectivity index (χ4v) is 1.43. The summed E-state index contributed by atoms with van der Waals surface area (Å²) in [5.41, 5.74) is 1.96. The Balaban J connectivity index is 2.63. The molecule has 0 aliphatic carbocycles. The molecule has 0 fully saturated rings. The minimum absolute atomic E-state index is 0.346. The van der Waals surface area contributed by atoms with Crippen LogP contribution in [0, 0.1) is 18.8 Å². The lowest BCUT2D eigenvalue weighted by Gasteiger charge is -2.08. The third-order valence-electron chi connectivity index (χ3n) is 2.16. The molecule has 0 amide bonds. The first-order valence-corrected chi connectivity index (χ1v) is 6.15. The molecule has 0 saturated heterocycles. The van der Waals surface area contributed by atoms with Crippen LogP contribution in [0.3, 0.4) is 0 Å². The van der Waals surface area contributed by atoms with Crippen LogP contribution in [0.5, 0.6) is 5.75 Å². The normalized spacial score (nSPS) is 9.59. The average molecular weight is 255 g/mol. The fraction of sp³-hybridized carbons (Fsp3) is 0.429. The van der Waals surface area contributed by atoms with Gasteiger partial charge in [0, 0.05) is 24.3 Å². The molecule has 1 aromatic carbocycles. The second-order valence-electron chi connectivity index (χ2n) is 3.61. The predicted molar refractivity (Wildman–Crippen MR) is 69.5 cm³/mol. The topological polar surface area (TPSA) is 9.23 Å². The van der Waals surface area contributed by atoms with Gasteiger partial charge < -0.3 is 4.74 Å². The molecule has 92 valence electrons. The number of benzene rings is 1. The standard InChI is InChI=1S/C14H16ClFO/c1-12-11-13(5-2-3-8-15)6-7-14(12)17-10-4-9-16/h6-7,11H,3-4,8-10H2,1H3. The van der Waals surface area contributed by atoms with E-state index in [2.05, 4.69) is 11.8 Å². The Morgan fingerprint density at radius 3 is 2.88 bits per heavy atom. The third-order valence-corrected chi connectivity index (χ3v) is 2.35. The summed E-state index contributed by atoms with van der Waals surface area (Å²) in [6.07, 6.45) is 1.12. The lowest BCUT2D eigenvalue weighted by atomic mass is 10.1. The zero-order valence-electron chi connectivity index (χ0n) is 9.93. The quantitative estimate of drug-likeness (QED) is 0.442. The van der Waals surface area contributed by atoms with Gasteiger partial charge in [0.2, 0.25) is 0 Å². The van der Waals surface area contributed by atoms with Gasteiger partial charge in [0.25, 0.3) is 0 Å². The van der Waals surface area contributed by atoms with E-state index >= 15 is 0 Å². The van der Waals surface area contributed by atoms with E-state index in [0.29, 0.717) is 25.3 Å². The van der Waals surface area contributed by atoms with Crippen LogP contribution in [0.15, 0.2) is 18.2 Å². The van der Waals surface area contributed by atoms with Gasteiger partial charge in [0.1, 0.15) is 5.75 Å². The van der Waals surface area contributed by atoms with Gasteiger partial charge in [-0.15, -0.1) is 11.6 Å². The van der Waals surface area contributed by atoms with Gasteiger partial charge in [0.05, 0.1) is 13.3 Å². The van der Waals surface area contributed by atoms with Crippen molar-refractivity contribution in [1.29, 1.82) is 0 Å². The van der Waals surface area contributed by atoms with E-state index in [-0.39, 0.29) is 6.67 Å². The van der Waals surface area contributed by atoms with Gasteiger partial charge in [-0.3, -0.25) is 4.39 Å². The van der Waals surface area contributed by atoms with E-state index in [1.54, 1.807) is 0 Å². The van der Waals surface area contributed by atoms with Crippen molar-refractivity contribution < 1.29 is 9.13 Å². The van der Waals surface area contributed by atoms with Crippen molar-refractivity contribution in [3.05, 3.63) is 29.3 Å². The maximum Gasteiger partial charge on any atom is 0.122 e. The molecule has 1 nitrogen and oxygen atoms in total. The maximum atomic E-state index is 11.9. The first kappa shape index (κ1) is 13.9. The Labute approximate surface area is 107 Å². The number of rotatable bonds is 5. The number of aryl methyl sites for hydroxylation is 1. The molecule has 17 heavy (non-hydrogen) atoms. The lowest BCUT2D eigenvalue weighted by molar-refractivity contribution is 0.288. The van der Waals surface area contributed by atoms with Crippen LogP contribution in [0.25, 0.3) is 0 Å². The van der Waals surface area contributed by atoms with Crippen LogP contribution < -0.4 is 4.74 Å². The summed E-state index contributed by atoms with van der Waals surface area (Å²) in [4.78, 5) is 0. The summed E-state index contributed by atoms with van der Waals surface area (Å²) in [7, 11) is 0. The number of halogens is 2. The second-order valence-corrected chi connectivity index (χ2v) is 3.99. The zero-order chi connectivity index (χ0) is 12.5. The Bertz CT molecular complexity index is 406. The summed E-state index contributed by atoms with van der Waals surface area (Å²) in [5, 5.41) is 0. The molecule has 0 aliphatic rings. The molecule has 0 saturated carbocycles. The van der Waals surface area contributed by atoms with Gasteiger partial charge >= 0.3 is 0 Å². The molecule has 1 aromatic rings. The predicted octanol–water partition coefficient (Wildman–Crippen LogP) is 3.71. The van der Waals surface area contributed by atoms with Crippen molar-refractivity contribution >= 4 is 11.6 Å². The minimum Gasteiger partial charge on any atom is -0.493 e. The van der Waals surface area contributed by atoms with Gasteiger partial charge in [-0.2, -0.15) is 0 Å². The van der Waals surface area contributed by atoms with Crippen LogP contribution in [0.1, 0.15) is 24.0 Å². The highest BCUT2D eigenvalue weighted by molar-refractivity contribution is 6.18. The van der Waals surface area contributed by atoms with Gasteiger partial charge in [-0.05, 0) is 30.7 Å².